The first kappa shape index (κ1) is 21.7. The van der Waals surface area contributed by atoms with Gasteiger partial charge in [0.2, 0.25) is 0 Å². The van der Waals surface area contributed by atoms with Crippen molar-refractivity contribution in [2.75, 3.05) is 13.1 Å². The minimum Gasteiger partial charge on any atom is -0.444 e. The first-order valence-electron chi connectivity index (χ1n) is 9.85. The monoisotopic (exact) mass is 437 g/mol. The van der Waals surface area contributed by atoms with E-state index in [-0.39, 0.29) is 24.1 Å². The Morgan fingerprint density at radius 1 is 1.24 bits per heavy atom. The van der Waals surface area contributed by atoms with Gasteiger partial charge < -0.3 is 19.5 Å². The fourth-order valence-corrected chi connectivity index (χ4v) is 4.52. The van der Waals surface area contributed by atoms with Crippen molar-refractivity contribution in [2.24, 2.45) is 0 Å². The topological polar surface area (TPSA) is 63.6 Å². The number of likely N-dealkylation sites (tertiary alicyclic amines) is 1. The van der Waals surface area contributed by atoms with Crippen LogP contribution in [0.4, 0.5) is 4.79 Å². The van der Waals surface area contributed by atoms with E-state index in [9.17, 15) is 9.59 Å². The summed E-state index contributed by atoms with van der Waals surface area (Å²) >= 11 is 7.47. The number of nitrogens with zero attached hydrogens (tertiary/aromatic N) is 2. The van der Waals surface area contributed by atoms with Crippen LogP contribution in [0.1, 0.15) is 68.0 Å². The second-order valence-corrected chi connectivity index (χ2v) is 10.1. The molecule has 1 saturated heterocycles. The molecule has 3 heterocycles. The Bertz CT molecular complexity index is 863. The van der Waals surface area contributed by atoms with Gasteiger partial charge in [0.05, 0.1) is 10.4 Å². The van der Waals surface area contributed by atoms with E-state index >= 15 is 0 Å². The SMILES string of the molecule is CC(NC(=O)c1cccn1C1CCN(C(=O)OC(C)(C)C)CC1)c1ccc(Cl)s1. The summed E-state index contributed by atoms with van der Waals surface area (Å²) in [6.07, 6.45) is 3.23. The number of halogens is 1. The molecular formula is C21H28ClN3O3S. The van der Waals surface area contributed by atoms with Crippen molar-refractivity contribution in [3.05, 3.63) is 45.4 Å². The summed E-state index contributed by atoms with van der Waals surface area (Å²) in [4.78, 5) is 27.9. The summed E-state index contributed by atoms with van der Waals surface area (Å²) in [5.41, 5.74) is 0.138. The Labute approximate surface area is 180 Å². The number of rotatable bonds is 4. The highest BCUT2D eigenvalue weighted by Gasteiger charge is 2.29. The number of nitrogens with one attached hydrogen (secondary N) is 1. The van der Waals surface area contributed by atoms with Crippen LogP contribution in [0.5, 0.6) is 0 Å². The standard InChI is InChI=1S/C21H28ClN3O3S/c1-14(17-7-8-18(22)29-17)23-19(26)16-6-5-11-25(16)15-9-12-24(13-10-15)20(27)28-21(2,3)4/h5-8,11,14-15H,9-10,12-13H2,1-4H3,(H,23,26). The van der Waals surface area contributed by atoms with Gasteiger partial charge in [-0.1, -0.05) is 11.6 Å². The van der Waals surface area contributed by atoms with Crippen molar-refractivity contribution in [1.29, 1.82) is 0 Å². The van der Waals surface area contributed by atoms with E-state index in [1.807, 2.05) is 62.7 Å². The van der Waals surface area contributed by atoms with Crippen LogP contribution in [0.15, 0.2) is 30.5 Å². The van der Waals surface area contributed by atoms with Gasteiger partial charge in [0, 0.05) is 30.2 Å². The summed E-state index contributed by atoms with van der Waals surface area (Å²) in [6, 6.07) is 7.56. The molecule has 1 fully saturated rings. The Morgan fingerprint density at radius 3 is 2.52 bits per heavy atom. The van der Waals surface area contributed by atoms with Gasteiger partial charge in [-0.3, -0.25) is 4.79 Å². The summed E-state index contributed by atoms with van der Waals surface area (Å²) in [6.45, 7) is 8.78. The molecule has 1 aliphatic rings. The summed E-state index contributed by atoms with van der Waals surface area (Å²) in [7, 11) is 0. The molecule has 1 N–H and O–H groups in total. The van der Waals surface area contributed by atoms with Gasteiger partial charge in [-0.15, -0.1) is 11.3 Å². The first-order chi connectivity index (χ1) is 13.6. The molecule has 1 unspecified atom stereocenters. The van der Waals surface area contributed by atoms with Gasteiger partial charge in [0.15, 0.2) is 0 Å². The first-order valence-corrected chi connectivity index (χ1v) is 11.0. The lowest BCUT2D eigenvalue weighted by atomic mass is 10.0. The van der Waals surface area contributed by atoms with Gasteiger partial charge in [0.1, 0.15) is 11.3 Å². The third-order valence-electron chi connectivity index (χ3n) is 4.89. The van der Waals surface area contributed by atoms with Gasteiger partial charge in [0.25, 0.3) is 5.91 Å². The van der Waals surface area contributed by atoms with Crippen LogP contribution in [0.2, 0.25) is 4.34 Å². The maximum atomic E-state index is 12.8. The van der Waals surface area contributed by atoms with Crippen LogP contribution in [-0.4, -0.2) is 40.2 Å². The van der Waals surface area contributed by atoms with Gasteiger partial charge in [-0.05, 0) is 64.8 Å². The van der Waals surface area contributed by atoms with E-state index < -0.39 is 5.60 Å². The molecule has 2 aromatic rings. The van der Waals surface area contributed by atoms with E-state index in [0.717, 1.165) is 17.7 Å². The Hall–Kier alpha value is -1.99. The Kier molecular flexibility index (Phi) is 6.58. The highest BCUT2D eigenvalue weighted by Crippen LogP contribution is 2.28. The highest BCUT2D eigenvalue weighted by atomic mass is 35.5. The predicted molar refractivity (Wildman–Crippen MR) is 116 cm³/mol. The number of hydrogen-bond acceptors (Lipinski definition) is 4. The third kappa shape index (κ3) is 5.54. The lowest BCUT2D eigenvalue weighted by molar-refractivity contribution is 0.0187. The van der Waals surface area contributed by atoms with Crippen molar-refractivity contribution in [3.63, 3.8) is 0 Å². The van der Waals surface area contributed by atoms with Crippen LogP contribution in [0, 0.1) is 0 Å². The number of hydrogen-bond donors (Lipinski definition) is 1. The normalized spacial score (nSPS) is 16.5. The van der Waals surface area contributed by atoms with Crippen LogP contribution in [-0.2, 0) is 4.74 Å². The predicted octanol–water partition coefficient (Wildman–Crippen LogP) is 5.27. The molecule has 8 heteroatoms. The zero-order chi connectivity index (χ0) is 21.2. The van der Waals surface area contributed by atoms with E-state index in [1.54, 1.807) is 4.90 Å². The molecule has 6 nitrogen and oxygen atoms in total. The molecule has 0 aromatic carbocycles. The summed E-state index contributed by atoms with van der Waals surface area (Å²) in [5.74, 6) is -0.110. The van der Waals surface area contributed by atoms with Crippen molar-refractivity contribution in [1.82, 2.24) is 14.8 Å². The number of amides is 2. The smallest absolute Gasteiger partial charge is 0.410 e. The molecule has 0 saturated carbocycles. The minimum absolute atomic E-state index is 0.110. The lowest BCUT2D eigenvalue weighted by Crippen LogP contribution is -2.42. The van der Waals surface area contributed by atoms with Crippen LogP contribution in [0.25, 0.3) is 0 Å². The molecule has 2 amide bonds. The van der Waals surface area contributed by atoms with Gasteiger partial charge in [-0.25, -0.2) is 4.79 Å². The molecule has 0 bridgehead atoms. The number of ether oxygens (including phenoxy) is 1. The number of carbonyl (C=O) groups excluding carboxylic acids is 2. The second-order valence-electron chi connectivity index (χ2n) is 8.34. The quantitative estimate of drug-likeness (QED) is 0.708. The zero-order valence-corrected chi connectivity index (χ0v) is 18.8. The molecule has 3 rings (SSSR count). The largest absolute Gasteiger partial charge is 0.444 e. The molecule has 0 aliphatic carbocycles. The Balaban J connectivity index is 1.60. The third-order valence-corrected chi connectivity index (χ3v) is 6.30. The maximum absolute atomic E-state index is 12.8. The Morgan fingerprint density at radius 2 is 1.93 bits per heavy atom. The fraction of sp³-hybridized carbons (Fsp3) is 0.524. The average molecular weight is 438 g/mol. The molecule has 158 valence electrons. The van der Waals surface area contributed by atoms with Gasteiger partial charge in [-0.2, -0.15) is 0 Å². The van der Waals surface area contributed by atoms with E-state index in [2.05, 4.69) is 5.32 Å². The number of piperidine rings is 1. The maximum Gasteiger partial charge on any atom is 0.410 e. The lowest BCUT2D eigenvalue weighted by Gasteiger charge is -2.34. The molecule has 0 radical (unpaired) electrons. The van der Waals surface area contributed by atoms with Crippen molar-refractivity contribution < 1.29 is 14.3 Å². The van der Waals surface area contributed by atoms with Crippen molar-refractivity contribution in [3.8, 4) is 0 Å². The number of carbonyl (C=O) groups is 2. The highest BCUT2D eigenvalue weighted by molar-refractivity contribution is 7.16. The summed E-state index contributed by atoms with van der Waals surface area (Å²) in [5, 5.41) is 3.05. The average Bonchev–Trinajstić information content (AvgIpc) is 3.29. The van der Waals surface area contributed by atoms with Crippen LogP contribution < -0.4 is 5.32 Å². The molecule has 0 spiro atoms. The van der Waals surface area contributed by atoms with Crippen molar-refractivity contribution >= 4 is 34.9 Å². The van der Waals surface area contributed by atoms with E-state index in [4.69, 9.17) is 16.3 Å². The van der Waals surface area contributed by atoms with E-state index in [0.29, 0.717) is 23.1 Å². The molecule has 29 heavy (non-hydrogen) atoms. The fourth-order valence-electron chi connectivity index (χ4n) is 3.46. The van der Waals surface area contributed by atoms with Crippen LogP contribution >= 0.6 is 22.9 Å². The molecule has 1 atom stereocenters. The minimum atomic E-state index is -0.497. The molecular weight excluding hydrogens is 410 g/mol. The van der Waals surface area contributed by atoms with Crippen LogP contribution in [0.3, 0.4) is 0 Å². The zero-order valence-electron chi connectivity index (χ0n) is 17.3. The summed E-state index contributed by atoms with van der Waals surface area (Å²) < 4.78 is 8.19. The molecule has 1 aliphatic heterocycles. The molecule has 2 aromatic heterocycles. The number of aromatic nitrogens is 1. The second kappa shape index (κ2) is 8.79. The van der Waals surface area contributed by atoms with Crippen molar-refractivity contribution in [2.45, 2.75) is 58.2 Å². The van der Waals surface area contributed by atoms with Gasteiger partial charge >= 0.3 is 6.09 Å². The van der Waals surface area contributed by atoms with E-state index in [1.165, 1.54) is 11.3 Å². The number of thiophene rings is 1.